The van der Waals surface area contributed by atoms with Crippen molar-refractivity contribution in [2.75, 3.05) is 14.1 Å². The van der Waals surface area contributed by atoms with E-state index in [-0.39, 0.29) is 3.78 Å². The Hall–Kier alpha value is 0.630. The summed E-state index contributed by atoms with van der Waals surface area (Å²) >= 11 is 13.6. The molecule has 0 amide bonds. The number of hydrogen-bond acceptors (Lipinski definition) is 2. The summed E-state index contributed by atoms with van der Waals surface area (Å²) in [5.41, 5.74) is 0. The SMILES string of the molecule is CNC.S=C(Cl)Cl. The van der Waals surface area contributed by atoms with Crippen LogP contribution in [0.15, 0.2) is 0 Å². The average Bonchev–Trinajstić information content (AvgIpc) is 1.33. The molecular formula is C3H7Cl2NS. The second-order valence-corrected chi connectivity index (χ2v) is 2.53. The highest BCUT2D eigenvalue weighted by Gasteiger charge is 1.64. The zero-order valence-corrected chi connectivity index (χ0v) is 6.49. The standard InChI is InChI=1S/C2H7N.CCl2S/c1-3-2;2-1(3)4/h3H,1-2H3;. The summed E-state index contributed by atoms with van der Waals surface area (Å²) in [6.45, 7) is 0. The van der Waals surface area contributed by atoms with Gasteiger partial charge < -0.3 is 5.32 Å². The molecule has 4 heteroatoms. The van der Waals surface area contributed by atoms with Gasteiger partial charge in [0.05, 0.1) is 0 Å². The molecular weight excluding hydrogens is 153 g/mol. The number of hydrogen-bond donors (Lipinski definition) is 1. The second-order valence-electron chi connectivity index (χ2n) is 0.726. The summed E-state index contributed by atoms with van der Waals surface area (Å²) < 4.78 is -0.0556. The Morgan fingerprint density at radius 2 is 1.43 bits per heavy atom. The fourth-order valence-electron chi connectivity index (χ4n) is 0. The van der Waals surface area contributed by atoms with Gasteiger partial charge in [-0.05, 0) is 14.1 Å². The van der Waals surface area contributed by atoms with E-state index in [0.717, 1.165) is 0 Å². The third-order valence-electron chi connectivity index (χ3n) is 0. The maximum absolute atomic E-state index is 4.77. The van der Waals surface area contributed by atoms with Gasteiger partial charge in [0.1, 0.15) is 0 Å². The van der Waals surface area contributed by atoms with Crippen LogP contribution in [0.3, 0.4) is 0 Å². The van der Waals surface area contributed by atoms with Crippen molar-refractivity contribution in [3.8, 4) is 0 Å². The van der Waals surface area contributed by atoms with Crippen LogP contribution in [0.5, 0.6) is 0 Å². The van der Waals surface area contributed by atoms with Crippen molar-refractivity contribution in [1.29, 1.82) is 0 Å². The molecule has 44 valence electrons. The van der Waals surface area contributed by atoms with Crippen molar-refractivity contribution < 1.29 is 0 Å². The molecule has 0 rings (SSSR count). The van der Waals surface area contributed by atoms with Gasteiger partial charge >= 0.3 is 0 Å². The average molecular weight is 160 g/mol. The Morgan fingerprint density at radius 3 is 1.43 bits per heavy atom. The summed E-state index contributed by atoms with van der Waals surface area (Å²) in [6, 6.07) is 0. The molecule has 0 radical (unpaired) electrons. The van der Waals surface area contributed by atoms with Crippen LogP contribution in [0.4, 0.5) is 0 Å². The van der Waals surface area contributed by atoms with Crippen LogP contribution < -0.4 is 5.32 Å². The molecule has 0 aliphatic carbocycles. The first kappa shape index (κ1) is 10.6. The normalized spacial score (nSPS) is 6.29. The van der Waals surface area contributed by atoms with E-state index >= 15 is 0 Å². The highest BCUT2D eigenvalue weighted by molar-refractivity contribution is 7.86. The molecule has 0 spiro atoms. The topological polar surface area (TPSA) is 12.0 Å². The molecule has 0 saturated heterocycles. The Balaban J connectivity index is 0. The molecule has 0 unspecified atom stereocenters. The largest absolute Gasteiger partial charge is 0.323 e. The maximum atomic E-state index is 4.77. The molecule has 0 aliphatic heterocycles. The van der Waals surface area contributed by atoms with Gasteiger partial charge in [-0.1, -0.05) is 35.4 Å². The monoisotopic (exact) mass is 159 g/mol. The first-order valence-corrected chi connectivity index (χ1v) is 2.75. The number of rotatable bonds is 0. The van der Waals surface area contributed by atoms with Crippen LogP contribution in [0.2, 0.25) is 0 Å². The Bertz CT molecular complexity index is 44.2. The van der Waals surface area contributed by atoms with E-state index in [1.165, 1.54) is 0 Å². The maximum Gasteiger partial charge on any atom is 0.169 e. The first-order valence-electron chi connectivity index (χ1n) is 1.58. The lowest BCUT2D eigenvalue weighted by Crippen LogP contribution is -1.89. The minimum atomic E-state index is -0.0556. The van der Waals surface area contributed by atoms with Crippen LogP contribution in [-0.2, 0) is 0 Å². The quantitative estimate of drug-likeness (QED) is 0.426. The fraction of sp³-hybridized carbons (Fsp3) is 0.667. The van der Waals surface area contributed by atoms with E-state index in [9.17, 15) is 0 Å². The van der Waals surface area contributed by atoms with Crippen molar-refractivity contribution in [1.82, 2.24) is 5.32 Å². The molecule has 0 saturated carbocycles. The van der Waals surface area contributed by atoms with Gasteiger partial charge in [-0.25, -0.2) is 0 Å². The second kappa shape index (κ2) is 9.80. The van der Waals surface area contributed by atoms with Gasteiger partial charge in [0.15, 0.2) is 3.78 Å². The predicted molar refractivity (Wildman–Crippen MR) is 39.3 cm³/mol. The zero-order valence-electron chi connectivity index (χ0n) is 4.16. The zero-order chi connectivity index (χ0) is 6.28. The highest BCUT2D eigenvalue weighted by Crippen LogP contribution is 1.86. The summed E-state index contributed by atoms with van der Waals surface area (Å²) in [5.74, 6) is 0. The molecule has 7 heavy (non-hydrogen) atoms. The molecule has 0 aromatic rings. The molecule has 1 nitrogen and oxygen atoms in total. The van der Waals surface area contributed by atoms with Gasteiger partial charge in [0.2, 0.25) is 0 Å². The van der Waals surface area contributed by atoms with Crippen molar-refractivity contribution in [2.24, 2.45) is 0 Å². The molecule has 0 aromatic heterocycles. The van der Waals surface area contributed by atoms with Crippen molar-refractivity contribution in [3.05, 3.63) is 0 Å². The van der Waals surface area contributed by atoms with Crippen LogP contribution in [0.25, 0.3) is 0 Å². The first-order chi connectivity index (χ1) is 3.15. The molecule has 0 aromatic carbocycles. The molecule has 0 atom stereocenters. The van der Waals surface area contributed by atoms with Gasteiger partial charge in [0.25, 0.3) is 0 Å². The van der Waals surface area contributed by atoms with Crippen LogP contribution in [-0.4, -0.2) is 17.9 Å². The van der Waals surface area contributed by atoms with Gasteiger partial charge in [0, 0.05) is 0 Å². The molecule has 0 fully saturated rings. The minimum Gasteiger partial charge on any atom is -0.323 e. The Morgan fingerprint density at radius 1 is 1.43 bits per heavy atom. The highest BCUT2D eigenvalue weighted by atomic mass is 35.5. The van der Waals surface area contributed by atoms with Gasteiger partial charge in [-0.3, -0.25) is 0 Å². The summed E-state index contributed by atoms with van der Waals surface area (Å²) in [4.78, 5) is 0. The van der Waals surface area contributed by atoms with E-state index < -0.39 is 0 Å². The van der Waals surface area contributed by atoms with E-state index in [1.807, 2.05) is 14.1 Å². The Labute approximate surface area is 59.0 Å². The summed E-state index contributed by atoms with van der Waals surface area (Å²) in [7, 11) is 3.75. The van der Waals surface area contributed by atoms with Crippen molar-refractivity contribution in [2.45, 2.75) is 0 Å². The van der Waals surface area contributed by atoms with E-state index in [2.05, 4.69) is 17.5 Å². The van der Waals surface area contributed by atoms with Crippen molar-refractivity contribution in [3.63, 3.8) is 0 Å². The third kappa shape index (κ3) is 358. The smallest absolute Gasteiger partial charge is 0.169 e. The number of nitrogens with one attached hydrogen (secondary N) is 1. The molecule has 0 aliphatic rings. The third-order valence-corrected chi connectivity index (χ3v) is 0. The van der Waals surface area contributed by atoms with Gasteiger partial charge in [-0.15, -0.1) is 0 Å². The van der Waals surface area contributed by atoms with E-state index in [0.29, 0.717) is 0 Å². The summed E-state index contributed by atoms with van der Waals surface area (Å²) in [5, 5.41) is 2.75. The van der Waals surface area contributed by atoms with Crippen molar-refractivity contribution >= 4 is 39.2 Å². The minimum absolute atomic E-state index is 0.0556. The Kier molecular flexibility index (Phi) is 14.8. The lowest BCUT2D eigenvalue weighted by molar-refractivity contribution is 1.02. The molecule has 0 bridgehead atoms. The van der Waals surface area contributed by atoms with E-state index in [1.54, 1.807) is 0 Å². The lowest BCUT2D eigenvalue weighted by atomic mass is 11.3. The lowest BCUT2D eigenvalue weighted by Gasteiger charge is -1.59. The van der Waals surface area contributed by atoms with E-state index in [4.69, 9.17) is 23.2 Å². The number of thiocarbonyl (C=S) groups is 1. The molecule has 1 N–H and O–H groups in total. The predicted octanol–water partition coefficient (Wildman–Crippen LogP) is 1.58. The van der Waals surface area contributed by atoms with Crippen LogP contribution >= 0.6 is 35.4 Å². The summed E-state index contributed by atoms with van der Waals surface area (Å²) in [6.07, 6.45) is 0. The molecule has 0 heterocycles. The van der Waals surface area contributed by atoms with Crippen LogP contribution in [0.1, 0.15) is 0 Å². The van der Waals surface area contributed by atoms with Gasteiger partial charge in [-0.2, -0.15) is 0 Å². The number of halogens is 2. The fourth-order valence-corrected chi connectivity index (χ4v) is 0. The van der Waals surface area contributed by atoms with Crippen LogP contribution in [0, 0.1) is 0 Å².